The van der Waals surface area contributed by atoms with E-state index in [0.29, 0.717) is 0 Å². The van der Waals surface area contributed by atoms with Crippen LogP contribution in [0.25, 0.3) is 0 Å². The van der Waals surface area contributed by atoms with Crippen molar-refractivity contribution in [1.29, 1.82) is 0 Å². The van der Waals surface area contributed by atoms with Crippen LogP contribution in [0.2, 0.25) is 0 Å². The molecule has 3 nitrogen and oxygen atoms in total. The maximum Gasteiger partial charge on any atom is 0.323 e. The maximum absolute atomic E-state index is 11.7. The van der Waals surface area contributed by atoms with Crippen LogP contribution in [0.3, 0.4) is 0 Å². The second kappa shape index (κ2) is 10.8. The first-order chi connectivity index (χ1) is 9.13. The first-order valence-electron chi connectivity index (χ1n) is 6.13. The molecule has 0 saturated heterocycles. The van der Waals surface area contributed by atoms with Crippen LogP contribution in [0.1, 0.15) is 20.8 Å². The molecule has 0 unspecified atom stereocenters. The highest BCUT2D eigenvalue weighted by Gasteiger charge is 2.00. The number of hydrogen-bond donors (Lipinski definition) is 2. The molecule has 0 aromatic carbocycles. The highest BCUT2D eigenvalue weighted by atomic mass is 16.2. The van der Waals surface area contributed by atoms with Gasteiger partial charge < -0.3 is 10.6 Å². The van der Waals surface area contributed by atoms with Gasteiger partial charge in [-0.15, -0.1) is 0 Å². The second-order valence-electron chi connectivity index (χ2n) is 3.70. The molecule has 0 radical (unpaired) electrons. The first-order valence-corrected chi connectivity index (χ1v) is 6.13. The zero-order valence-corrected chi connectivity index (χ0v) is 11.8. The molecule has 2 amide bonds. The molecule has 19 heavy (non-hydrogen) atoms. The van der Waals surface area contributed by atoms with Gasteiger partial charge in [-0.05, 0) is 39.0 Å². The van der Waals surface area contributed by atoms with Gasteiger partial charge in [0, 0.05) is 11.4 Å². The number of urea groups is 1. The summed E-state index contributed by atoms with van der Waals surface area (Å²) in [6.07, 6.45) is 16.4. The number of carbonyl (C=O) groups excluding carboxylic acids is 1. The van der Waals surface area contributed by atoms with Gasteiger partial charge >= 0.3 is 6.03 Å². The number of amides is 2. The minimum Gasteiger partial charge on any atom is -0.312 e. The Kier molecular flexibility index (Phi) is 9.53. The molecular weight excluding hydrogens is 236 g/mol. The Morgan fingerprint density at radius 2 is 1.74 bits per heavy atom. The molecular formula is C16H22N2O. The van der Waals surface area contributed by atoms with Crippen molar-refractivity contribution in [3.05, 3.63) is 72.7 Å². The highest BCUT2D eigenvalue weighted by molar-refractivity contribution is 5.78. The Balaban J connectivity index is 4.54. The fourth-order valence-electron chi connectivity index (χ4n) is 1.18. The normalized spacial score (nSPS) is 13.4. The summed E-state index contributed by atoms with van der Waals surface area (Å²) in [4.78, 5) is 11.7. The van der Waals surface area contributed by atoms with E-state index in [1.165, 1.54) is 0 Å². The average molecular weight is 258 g/mol. The summed E-state index contributed by atoms with van der Waals surface area (Å²) < 4.78 is 0. The van der Waals surface area contributed by atoms with Crippen molar-refractivity contribution in [2.24, 2.45) is 0 Å². The summed E-state index contributed by atoms with van der Waals surface area (Å²) >= 11 is 0. The Hall–Kier alpha value is -2.29. The van der Waals surface area contributed by atoms with E-state index in [0.717, 1.165) is 11.4 Å². The minimum absolute atomic E-state index is 0.269. The van der Waals surface area contributed by atoms with Gasteiger partial charge in [-0.2, -0.15) is 0 Å². The predicted octanol–water partition coefficient (Wildman–Crippen LogP) is 3.97. The number of hydrogen-bond acceptors (Lipinski definition) is 1. The molecule has 0 aliphatic heterocycles. The molecule has 2 N–H and O–H groups in total. The lowest BCUT2D eigenvalue weighted by atomic mass is 10.3. The topological polar surface area (TPSA) is 41.1 Å². The van der Waals surface area contributed by atoms with Crippen LogP contribution >= 0.6 is 0 Å². The van der Waals surface area contributed by atoms with Gasteiger partial charge in [0.1, 0.15) is 0 Å². The largest absolute Gasteiger partial charge is 0.323 e. The fourth-order valence-corrected chi connectivity index (χ4v) is 1.18. The third-order valence-corrected chi connectivity index (χ3v) is 1.98. The van der Waals surface area contributed by atoms with Gasteiger partial charge in [-0.25, -0.2) is 4.79 Å². The molecule has 0 aliphatic carbocycles. The van der Waals surface area contributed by atoms with E-state index >= 15 is 0 Å². The number of rotatable bonds is 6. The fraction of sp³-hybridized carbons (Fsp3) is 0.188. The summed E-state index contributed by atoms with van der Waals surface area (Å²) in [6.45, 7) is 9.20. The van der Waals surface area contributed by atoms with Crippen LogP contribution in [0.15, 0.2) is 72.7 Å². The summed E-state index contributed by atoms with van der Waals surface area (Å²) in [5.74, 6) is 0. The molecule has 0 rings (SSSR count). The molecule has 0 saturated carbocycles. The van der Waals surface area contributed by atoms with Gasteiger partial charge in [0.15, 0.2) is 0 Å². The van der Waals surface area contributed by atoms with Gasteiger partial charge in [0.2, 0.25) is 0 Å². The number of nitrogens with one attached hydrogen (secondary N) is 2. The van der Waals surface area contributed by atoms with Gasteiger partial charge in [0.05, 0.1) is 0 Å². The summed E-state index contributed by atoms with van der Waals surface area (Å²) in [7, 11) is 0. The molecule has 102 valence electrons. The predicted molar refractivity (Wildman–Crippen MR) is 82.5 cm³/mol. The van der Waals surface area contributed by atoms with E-state index in [2.05, 4.69) is 17.2 Å². The Morgan fingerprint density at radius 3 is 2.32 bits per heavy atom. The molecule has 0 heterocycles. The molecule has 0 aromatic heterocycles. The average Bonchev–Trinajstić information content (AvgIpc) is 2.36. The van der Waals surface area contributed by atoms with Crippen LogP contribution in [0.5, 0.6) is 0 Å². The van der Waals surface area contributed by atoms with Crippen LogP contribution in [-0.4, -0.2) is 6.03 Å². The third-order valence-electron chi connectivity index (χ3n) is 1.98. The van der Waals surface area contributed by atoms with E-state index in [1.54, 1.807) is 18.2 Å². The van der Waals surface area contributed by atoms with Crippen molar-refractivity contribution in [2.45, 2.75) is 20.8 Å². The zero-order chi connectivity index (χ0) is 14.5. The Labute approximate surface area is 115 Å². The zero-order valence-electron chi connectivity index (χ0n) is 11.8. The second-order valence-corrected chi connectivity index (χ2v) is 3.70. The van der Waals surface area contributed by atoms with Crippen LogP contribution in [-0.2, 0) is 0 Å². The standard InChI is InChI=1S/C16H22N2O/c1-5-8-10-12-14(4)17-16(19)18-15(11-7-3)13-9-6-2/h5-13H,1H2,2-4H3,(H2,17,18,19)/b9-6-,10-8-,11-7-,14-12+,15-13+. The van der Waals surface area contributed by atoms with Gasteiger partial charge in [-0.1, -0.05) is 43.0 Å². The molecule has 0 atom stereocenters. The van der Waals surface area contributed by atoms with Gasteiger partial charge in [0.25, 0.3) is 0 Å². The smallest absolute Gasteiger partial charge is 0.312 e. The lowest BCUT2D eigenvalue weighted by molar-refractivity contribution is 0.246. The summed E-state index contributed by atoms with van der Waals surface area (Å²) in [5.41, 5.74) is 1.48. The number of carbonyl (C=O) groups is 1. The van der Waals surface area contributed by atoms with E-state index in [4.69, 9.17) is 0 Å². The monoisotopic (exact) mass is 258 g/mol. The van der Waals surface area contributed by atoms with Crippen molar-refractivity contribution >= 4 is 6.03 Å². The molecule has 0 aromatic rings. The molecule has 0 bridgehead atoms. The Morgan fingerprint density at radius 1 is 1.00 bits per heavy atom. The first kappa shape index (κ1) is 16.7. The third kappa shape index (κ3) is 9.41. The van der Waals surface area contributed by atoms with Crippen LogP contribution < -0.4 is 10.6 Å². The lowest BCUT2D eigenvalue weighted by Crippen LogP contribution is -2.33. The highest BCUT2D eigenvalue weighted by Crippen LogP contribution is 1.95. The SMILES string of the molecule is C=C/C=C\C=C(/C)NC(=O)NC(/C=C\C)=C/C=C\C. The maximum atomic E-state index is 11.7. The minimum atomic E-state index is -0.269. The Bertz CT molecular complexity index is 438. The molecule has 3 heteroatoms. The van der Waals surface area contributed by atoms with Crippen LogP contribution in [0.4, 0.5) is 4.79 Å². The lowest BCUT2D eigenvalue weighted by Gasteiger charge is -2.07. The van der Waals surface area contributed by atoms with Crippen molar-refractivity contribution in [2.75, 3.05) is 0 Å². The van der Waals surface area contributed by atoms with Crippen molar-refractivity contribution < 1.29 is 4.79 Å². The summed E-state index contributed by atoms with van der Waals surface area (Å²) in [5, 5.41) is 5.49. The van der Waals surface area contributed by atoms with Crippen molar-refractivity contribution in [1.82, 2.24) is 10.6 Å². The molecule has 0 spiro atoms. The molecule has 0 fully saturated rings. The van der Waals surface area contributed by atoms with E-state index < -0.39 is 0 Å². The number of allylic oxidation sites excluding steroid dienone is 10. The van der Waals surface area contributed by atoms with Crippen LogP contribution in [0, 0.1) is 0 Å². The summed E-state index contributed by atoms with van der Waals surface area (Å²) in [6, 6.07) is -0.269. The van der Waals surface area contributed by atoms with Crippen molar-refractivity contribution in [3.63, 3.8) is 0 Å². The van der Waals surface area contributed by atoms with E-state index in [1.807, 2.05) is 57.2 Å². The van der Waals surface area contributed by atoms with E-state index in [-0.39, 0.29) is 6.03 Å². The van der Waals surface area contributed by atoms with Crippen molar-refractivity contribution in [3.8, 4) is 0 Å². The molecule has 0 aliphatic rings. The quantitative estimate of drug-likeness (QED) is 0.695. The van der Waals surface area contributed by atoms with Gasteiger partial charge in [-0.3, -0.25) is 0 Å². The van der Waals surface area contributed by atoms with E-state index in [9.17, 15) is 4.79 Å².